The minimum absolute atomic E-state index is 0.394. The van der Waals surface area contributed by atoms with Gasteiger partial charge in [-0.2, -0.15) is 0 Å². The second kappa shape index (κ2) is 6.93. The summed E-state index contributed by atoms with van der Waals surface area (Å²) in [7, 11) is 0. The first kappa shape index (κ1) is 14.4. The molecule has 114 valence electrons. The average molecular weight is 278 g/mol. The Morgan fingerprint density at radius 3 is 2.30 bits per heavy atom. The standard InChI is InChI=1S/C17H30N2O/c20-17(15-6-7-15)19-12-9-16(10-13-19)18-11-8-14-4-2-1-3-5-14/h14-16,18H,1-13H2. The fourth-order valence-electron chi connectivity index (χ4n) is 3.86. The molecular weight excluding hydrogens is 248 g/mol. The SMILES string of the molecule is O=C(C1CC1)N1CCC(NCCC2CCCCC2)CC1. The van der Waals surface area contributed by atoms with Crippen LogP contribution in [-0.2, 0) is 4.79 Å². The van der Waals surface area contributed by atoms with Crippen molar-refractivity contribution in [3.05, 3.63) is 0 Å². The van der Waals surface area contributed by atoms with Crippen LogP contribution in [-0.4, -0.2) is 36.5 Å². The van der Waals surface area contributed by atoms with E-state index in [1.807, 2.05) is 0 Å². The fraction of sp³-hybridized carbons (Fsp3) is 0.941. The maximum Gasteiger partial charge on any atom is 0.225 e. The molecule has 1 saturated heterocycles. The average Bonchev–Trinajstić information content (AvgIpc) is 3.33. The molecule has 1 aliphatic heterocycles. The predicted octanol–water partition coefficient (Wildman–Crippen LogP) is 2.95. The molecule has 2 saturated carbocycles. The van der Waals surface area contributed by atoms with Gasteiger partial charge >= 0.3 is 0 Å². The fourth-order valence-corrected chi connectivity index (χ4v) is 3.86. The summed E-state index contributed by atoms with van der Waals surface area (Å²) in [4.78, 5) is 14.1. The first-order valence-electron chi connectivity index (χ1n) is 8.85. The number of likely N-dealkylation sites (tertiary alicyclic amines) is 1. The van der Waals surface area contributed by atoms with E-state index in [1.54, 1.807) is 0 Å². The van der Waals surface area contributed by atoms with Crippen LogP contribution in [0.1, 0.15) is 64.2 Å². The maximum absolute atomic E-state index is 12.0. The van der Waals surface area contributed by atoms with E-state index in [1.165, 1.54) is 45.1 Å². The molecule has 1 heterocycles. The highest BCUT2D eigenvalue weighted by atomic mass is 16.2. The minimum Gasteiger partial charge on any atom is -0.342 e. The molecule has 1 N–H and O–H groups in total. The van der Waals surface area contributed by atoms with Crippen molar-refractivity contribution in [2.75, 3.05) is 19.6 Å². The molecule has 0 atom stereocenters. The predicted molar refractivity (Wildman–Crippen MR) is 81.5 cm³/mol. The van der Waals surface area contributed by atoms with Gasteiger partial charge < -0.3 is 10.2 Å². The van der Waals surface area contributed by atoms with E-state index in [0.29, 0.717) is 17.9 Å². The van der Waals surface area contributed by atoms with Gasteiger partial charge in [0.05, 0.1) is 0 Å². The molecule has 0 aromatic rings. The molecule has 2 aliphatic carbocycles. The highest BCUT2D eigenvalue weighted by Crippen LogP contribution is 2.32. The molecule has 1 amide bonds. The van der Waals surface area contributed by atoms with Crippen LogP contribution in [0.5, 0.6) is 0 Å². The maximum atomic E-state index is 12.0. The van der Waals surface area contributed by atoms with Crippen LogP contribution < -0.4 is 5.32 Å². The minimum atomic E-state index is 0.394. The second-order valence-corrected chi connectivity index (χ2v) is 7.12. The van der Waals surface area contributed by atoms with Gasteiger partial charge in [0.2, 0.25) is 5.91 Å². The summed E-state index contributed by atoms with van der Waals surface area (Å²) >= 11 is 0. The van der Waals surface area contributed by atoms with Gasteiger partial charge in [-0.3, -0.25) is 4.79 Å². The van der Waals surface area contributed by atoms with Gasteiger partial charge in [0.15, 0.2) is 0 Å². The van der Waals surface area contributed by atoms with E-state index in [9.17, 15) is 4.79 Å². The van der Waals surface area contributed by atoms with Gasteiger partial charge in [-0.15, -0.1) is 0 Å². The zero-order valence-corrected chi connectivity index (χ0v) is 12.8. The summed E-state index contributed by atoms with van der Waals surface area (Å²) in [5.74, 6) is 1.81. The number of hydrogen-bond donors (Lipinski definition) is 1. The van der Waals surface area contributed by atoms with Gasteiger partial charge in [-0.05, 0) is 44.6 Å². The van der Waals surface area contributed by atoms with Crippen LogP contribution in [0.25, 0.3) is 0 Å². The Morgan fingerprint density at radius 1 is 0.950 bits per heavy atom. The number of carbonyl (C=O) groups excluding carboxylic acids is 1. The van der Waals surface area contributed by atoms with Crippen LogP contribution in [0, 0.1) is 11.8 Å². The van der Waals surface area contributed by atoms with E-state index >= 15 is 0 Å². The van der Waals surface area contributed by atoms with Gasteiger partial charge in [-0.25, -0.2) is 0 Å². The van der Waals surface area contributed by atoms with Gasteiger partial charge in [0.25, 0.3) is 0 Å². The van der Waals surface area contributed by atoms with Crippen molar-refractivity contribution < 1.29 is 4.79 Å². The third kappa shape index (κ3) is 3.97. The smallest absolute Gasteiger partial charge is 0.225 e. The van der Waals surface area contributed by atoms with Crippen molar-refractivity contribution in [2.45, 2.75) is 70.3 Å². The molecular formula is C17H30N2O. The quantitative estimate of drug-likeness (QED) is 0.838. The molecule has 0 unspecified atom stereocenters. The molecule has 3 aliphatic rings. The summed E-state index contributed by atoms with van der Waals surface area (Å²) in [6.07, 6.45) is 13.2. The molecule has 0 spiro atoms. The Balaban J connectivity index is 1.29. The van der Waals surface area contributed by atoms with Crippen LogP contribution in [0.3, 0.4) is 0 Å². The zero-order chi connectivity index (χ0) is 13.8. The van der Waals surface area contributed by atoms with E-state index < -0.39 is 0 Å². The van der Waals surface area contributed by atoms with Crippen molar-refractivity contribution in [2.24, 2.45) is 11.8 Å². The summed E-state index contributed by atoms with van der Waals surface area (Å²) in [5.41, 5.74) is 0. The molecule has 3 rings (SSSR count). The normalized spacial score (nSPS) is 25.9. The summed E-state index contributed by atoms with van der Waals surface area (Å²) in [6, 6.07) is 0.654. The van der Waals surface area contributed by atoms with Gasteiger partial charge in [0.1, 0.15) is 0 Å². The van der Waals surface area contributed by atoms with Crippen molar-refractivity contribution in [1.29, 1.82) is 0 Å². The van der Waals surface area contributed by atoms with E-state index in [2.05, 4.69) is 10.2 Å². The lowest BCUT2D eigenvalue weighted by molar-refractivity contribution is -0.133. The zero-order valence-electron chi connectivity index (χ0n) is 12.8. The van der Waals surface area contributed by atoms with E-state index in [0.717, 1.165) is 44.7 Å². The van der Waals surface area contributed by atoms with Gasteiger partial charge in [-0.1, -0.05) is 32.1 Å². The molecule has 3 heteroatoms. The van der Waals surface area contributed by atoms with E-state index in [-0.39, 0.29) is 0 Å². The van der Waals surface area contributed by atoms with Crippen molar-refractivity contribution in [3.63, 3.8) is 0 Å². The number of hydrogen-bond acceptors (Lipinski definition) is 2. The first-order valence-corrected chi connectivity index (χ1v) is 8.85. The van der Waals surface area contributed by atoms with Crippen LogP contribution in [0.4, 0.5) is 0 Å². The molecule has 3 nitrogen and oxygen atoms in total. The van der Waals surface area contributed by atoms with Crippen LogP contribution in [0.15, 0.2) is 0 Å². The Hall–Kier alpha value is -0.570. The van der Waals surface area contributed by atoms with Crippen LogP contribution in [0.2, 0.25) is 0 Å². The lowest BCUT2D eigenvalue weighted by atomic mass is 9.87. The lowest BCUT2D eigenvalue weighted by Gasteiger charge is -2.33. The van der Waals surface area contributed by atoms with Gasteiger partial charge in [0, 0.05) is 25.0 Å². The number of nitrogens with one attached hydrogen (secondary N) is 1. The second-order valence-electron chi connectivity index (χ2n) is 7.12. The summed E-state index contributed by atoms with van der Waals surface area (Å²) in [6.45, 7) is 3.15. The Bertz CT molecular complexity index is 313. The topological polar surface area (TPSA) is 32.3 Å². The molecule has 0 aromatic heterocycles. The third-order valence-electron chi connectivity index (χ3n) is 5.44. The largest absolute Gasteiger partial charge is 0.342 e. The highest BCUT2D eigenvalue weighted by molar-refractivity contribution is 5.81. The molecule has 20 heavy (non-hydrogen) atoms. The van der Waals surface area contributed by atoms with Crippen LogP contribution >= 0.6 is 0 Å². The number of nitrogens with zero attached hydrogens (tertiary/aromatic N) is 1. The lowest BCUT2D eigenvalue weighted by Crippen LogP contribution is -2.45. The Morgan fingerprint density at radius 2 is 1.65 bits per heavy atom. The molecule has 0 bridgehead atoms. The highest BCUT2D eigenvalue weighted by Gasteiger charge is 2.34. The van der Waals surface area contributed by atoms with Crippen molar-refractivity contribution in [1.82, 2.24) is 10.2 Å². The number of rotatable bonds is 5. The van der Waals surface area contributed by atoms with Crippen molar-refractivity contribution in [3.8, 4) is 0 Å². The summed E-state index contributed by atoms with van der Waals surface area (Å²) < 4.78 is 0. The molecule has 0 radical (unpaired) electrons. The first-order chi connectivity index (χ1) is 9.83. The Labute approximate surface area is 123 Å². The monoisotopic (exact) mass is 278 g/mol. The van der Waals surface area contributed by atoms with Crippen molar-refractivity contribution >= 4 is 5.91 Å². The molecule has 0 aromatic carbocycles. The number of amides is 1. The molecule has 3 fully saturated rings. The number of carbonyl (C=O) groups is 1. The third-order valence-corrected chi connectivity index (χ3v) is 5.44. The van der Waals surface area contributed by atoms with E-state index in [4.69, 9.17) is 0 Å². The Kier molecular flexibility index (Phi) is 4.98. The number of piperidine rings is 1. The summed E-state index contributed by atoms with van der Waals surface area (Å²) in [5, 5.41) is 3.74.